The van der Waals surface area contributed by atoms with Crippen LogP contribution in [-0.2, 0) is 17.8 Å². The molecule has 0 bridgehead atoms. The van der Waals surface area contributed by atoms with Gasteiger partial charge in [-0.3, -0.25) is 4.79 Å². The van der Waals surface area contributed by atoms with E-state index in [0.717, 1.165) is 47.3 Å². The van der Waals surface area contributed by atoms with E-state index in [1.165, 1.54) is 11.8 Å². The van der Waals surface area contributed by atoms with Gasteiger partial charge in [-0.1, -0.05) is 56.8 Å². The van der Waals surface area contributed by atoms with Crippen LogP contribution in [0.25, 0.3) is 0 Å². The molecule has 0 spiro atoms. The zero-order valence-corrected chi connectivity index (χ0v) is 21.4. The Kier molecular flexibility index (Phi) is 7.89. The lowest BCUT2D eigenvalue weighted by molar-refractivity contribution is -0.120. The van der Waals surface area contributed by atoms with Crippen molar-refractivity contribution >= 4 is 23.6 Å². The van der Waals surface area contributed by atoms with Crippen LogP contribution in [0.4, 0.5) is 11.4 Å². The molecule has 36 heavy (non-hydrogen) atoms. The Labute approximate surface area is 214 Å². The molecule has 3 aromatic rings. The fourth-order valence-corrected chi connectivity index (χ4v) is 4.84. The number of carbonyl (C=O) groups is 1. The summed E-state index contributed by atoms with van der Waals surface area (Å²) in [4.78, 5) is 22.0. The van der Waals surface area contributed by atoms with E-state index in [0.29, 0.717) is 12.5 Å². The number of aromatic hydroxyl groups is 1. The summed E-state index contributed by atoms with van der Waals surface area (Å²) in [6.07, 6.45) is 5.68. The van der Waals surface area contributed by atoms with Gasteiger partial charge in [-0.15, -0.1) is 0 Å². The van der Waals surface area contributed by atoms with Crippen LogP contribution in [0.3, 0.4) is 0 Å². The van der Waals surface area contributed by atoms with Crippen molar-refractivity contribution < 1.29 is 9.90 Å². The van der Waals surface area contributed by atoms with Crippen LogP contribution in [0, 0.1) is 0 Å². The predicted octanol–water partition coefficient (Wildman–Crippen LogP) is 6.78. The summed E-state index contributed by atoms with van der Waals surface area (Å²) in [5.74, 6) is 0.507. The molecule has 0 saturated carbocycles. The summed E-state index contributed by atoms with van der Waals surface area (Å²) in [7, 11) is 1.93. The van der Waals surface area contributed by atoms with E-state index in [4.69, 9.17) is 0 Å². The van der Waals surface area contributed by atoms with Gasteiger partial charge in [0.2, 0.25) is 5.91 Å². The van der Waals surface area contributed by atoms with Crippen molar-refractivity contribution in [3.05, 3.63) is 102 Å². The van der Waals surface area contributed by atoms with Crippen LogP contribution >= 0.6 is 0 Å². The highest BCUT2D eigenvalue weighted by molar-refractivity contribution is 5.98. The maximum absolute atomic E-state index is 14.1. The molecule has 0 aromatic heterocycles. The molecule has 3 aromatic carbocycles. The molecule has 5 heteroatoms. The smallest absolute Gasteiger partial charge is 0.234 e. The minimum absolute atomic E-state index is 0.0677. The number of aliphatic imine (C=N–C) groups is 1. The van der Waals surface area contributed by atoms with Crippen molar-refractivity contribution in [3.8, 4) is 5.75 Å². The largest absolute Gasteiger partial charge is 0.508 e. The lowest BCUT2D eigenvalue weighted by atomic mass is 9.81. The zero-order valence-electron chi connectivity index (χ0n) is 21.4. The topological polar surface area (TPSA) is 56.1 Å². The Balaban J connectivity index is 1.66. The van der Waals surface area contributed by atoms with Gasteiger partial charge in [0.1, 0.15) is 5.75 Å². The molecule has 0 radical (unpaired) electrons. The van der Waals surface area contributed by atoms with Gasteiger partial charge in [0.15, 0.2) is 0 Å². The van der Waals surface area contributed by atoms with Gasteiger partial charge in [-0.25, -0.2) is 4.99 Å². The fourth-order valence-electron chi connectivity index (χ4n) is 4.84. The molecule has 0 aliphatic heterocycles. The first kappa shape index (κ1) is 25.2. The number of hydrogen-bond donors (Lipinski definition) is 1. The second-order valence-corrected chi connectivity index (χ2v) is 9.68. The third-order valence-electron chi connectivity index (χ3n) is 6.95. The Morgan fingerprint density at radius 2 is 1.78 bits per heavy atom. The van der Waals surface area contributed by atoms with Crippen molar-refractivity contribution in [1.82, 2.24) is 0 Å². The fraction of sp³-hybridized carbons (Fsp3) is 0.290. The molecule has 1 unspecified atom stereocenters. The minimum atomic E-state index is -0.272. The van der Waals surface area contributed by atoms with Crippen molar-refractivity contribution in [1.29, 1.82) is 0 Å². The normalized spacial score (nSPS) is 15.1. The molecule has 1 aliphatic carbocycles. The van der Waals surface area contributed by atoms with E-state index >= 15 is 0 Å². The molecule has 1 atom stereocenters. The molecule has 186 valence electrons. The number of amides is 1. The van der Waals surface area contributed by atoms with Crippen LogP contribution in [0.1, 0.15) is 60.8 Å². The molecule has 0 saturated heterocycles. The number of benzene rings is 3. The van der Waals surface area contributed by atoms with Gasteiger partial charge >= 0.3 is 0 Å². The van der Waals surface area contributed by atoms with Crippen molar-refractivity contribution in [2.75, 3.05) is 16.8 Å². The summed E-state index contributed by atoms with van der Waals surface area (Å²) in [5, 5.41) is 10.4. The maximum atomic E-state index is 14.1. The lowest BCUT2D eigenvalue weighted by Gasteiger charge is -2.31. The highest BCUT2D eigenvalue weighted by Gasteiger charge is 2.32. The average molecular weight is 482 g/mol. The second-order valence-electron chi connectivity index (χ2n) is 9.68. The number of rotatable bonds is 8. The minimum Gasteiger partial charge on any atom is -0.508 e. The number of carbonyl (C=O) groups excluding carboxylic acids is 1. The number of fused-ring (bicyclic) bond motifs is 1. The van der Waals surface area contributed by atoms with Crippen LogP contribution in [0.2, 0.25) is 0 Å². The third kappa shape index (κ3) is 5.51. The van der Waals surface area contributed by atoms with Gasteiger partial charge < -0.3 is 14.9 Å². The number of phenols is 1. The van der Waals surface area contributed by atoms with Crippen molar-refractivity contribution in [3.63, 3.8) is 0 Å². The molecule has 1 amide bonds. The maximum Gasteiger partial charge on any atom is 0.234 e. The van der Waals surface area contributed by atoms with Crippen LogP contribution in [-0.4, -0.2) is 24.4 Å². The van der Waals surface area contributed by atoms with E-state index in [1.54, 1.807) is 12.4 Å². The van der Waals surface area contributed by atoms with E-state index in [1.807, 2.05) is 53.2 Å². The molecule has 1 aliphatic rings. The van der Waals surface area contributed by atoms with Crippen molar-refractivity contribution in [2.45, 2.75) is 51.5 Å². The summed E-state index contributed by atoms with van der Waals surface area (Å²) in [6, 6.07) is 22.0. The first-order valence-corrected chi connectivity index (χ1v) is 12.6. The lowest BCUT2D eigenvalue weighted by Crippen LogP contribution is -2.36. The molecule has 4 rings (SSSR count). The van der Waals surface area contributed by atoms with E-state index in [9.17, 15) is 9.90 Å². The number of hydrogen-bond acceptors (Lipinski definition) is 3. The Hall–Kier alpha value is -3.86. The standard InChI is InChI=1S/C31H35N3O2/c1-5-32-21-33(4)25-16-12-23(13-17-25)20-34(26-18-14-24(15-19-26)22(2)3)31(36)29-10-6-9-28-27(29)8-7-11-30(28)35/h5,7-8,11-19,21-22,29,35H,1,6,9-10,20H2,2-4H3. The quantitative estimate of drug-likeness (QED) is 0.285. The van der Waals surface area contributed by atoms with Crippen LogP contribution in [0.5, 0.6) is 5.75 Å². The molecule has 5 nitrogen and oxygen atoms in total. The number of nitrogens with zero attached hydrogens (tertiary/aromatic N) is 3. The summed E-state index contributed by atoms with van der Waals surface area (Å²) in [5.41, 5.74) is 6.03. The zero-order chi connectivity index (χ0) is 25.7. The Morgan fingerprint density at radius 1 is 1.08 bits per heavy atom. The van der Waals surface area contributed by atoms with Crippen LogP contribution < -0.4 is 9.80 Å². The van der Waals surface area contributed by atoms with Gasteiger partial charge in [0.05, 0.1) is 18.8 Å². The Bertz CT molecular complexity index is 1230. The summed E-state index contributed by atoms with van der Waals surface area (Å²) < 4.78 is 0. The highest BCUT2D eigenvalue weighted by atomic mass is 16.3. The molecular formula is C31H35N3O2. The van der Waals surface area contributed by atoms with Gasteiger partial charge in [0.25, 0.3) is 0 Å². The molecular weight excluding hydrogens is 446 g/mol. The van der Waals surface area contributed by atoms with E-state index in [-0.39, 0.29) is 17.6 Å². The SMILES string of the molecule is C=CN=CN(C)c1ccc(CN(C(=O)C2CCCc3c(O)cccc32)c2ccc(C(C)C)cc2)cc1. The monoisotopic (exact) mass is 481 g/mol. The third-order valence-corrected chi connectivity index (χ3v) is 6.95. The summed E-state index contributed by atoms with van der Waals surface area (Å²) in [6.45, 7) is 8.42. The summed E-state index contributed by atoms with van der Waals surface area (Å²) >= 11 is 0. The molecule has 0 heterocycles. The van der Waals surface area contributed by atoms with Crippen LogP contribution in [0.15, 0.2) is 84.5 Å². The second kappa shape index (κ2) is 11.3. The number of phenolic OH excluding ortho intramolecular Hbond substituents is 1. The van der Waals surface area contributed by atoms with E-state index < -0.39 is 0 Å². The van der Waals surface area contributed by atoms with Gasteiger partial charge in [0, 0.05) is 24.6 Å². The average Bonchev–Trinajstić information content (AvgIpc) is 2.90. The molecule has 0 fully saturated rings. The van der Waals surface area contributed by atoms with Gasteiger partial charge in [-0.05, 0) is 77.8 Å². The number of anilines is 2. The van der Waals surface area contributed by atoms with Gasteiger partial charge in [-0.2, -0.15) is 0 Å². The highest BCUT2D eigenvalue weighted by Crippen LogP contribution is 2.38. The first-order valence-electron chi connectivity index (χ1n) is 12.6. The first-order chi connectivity index (χ1) is 17.4. The predicted molar refractivity (Wildman–Crippen MR) is 149 cm³/mol. The molecule has 1 N–H and O–H groups in total. The van der Waals surface area contributed by atoms with E-state index in [2.05, 4.69) is 49.7 Å². The Morgan fingerprint density at radius 3 is 2.44 bits per heavy atom. The van der Waals surface area contributed by atoms with Crippen molar-refractivity contribution in [2.24, 2.45) is 4.99 Å².